The van der Waals surface area contributed by atoms with Crippen molar-refractivity contribution in [1.29, 1.82) is 0 Å². The average Bonchev–Trinajstić information content (AvgIpc) is 3.42. The van der Waals surface area contributed by atoms with E-state index in [-0.39, 0.29) is 50.2 Å². The number of nitrogens with zero attached hydrogens (tertiary/aromatic N) is 3. The largest absolute Gasteiger partial charge is 0.416 e. The van der Waals surface area contributed by atoms with Gasteiger partial charge < -0.3 is 5.32 Å². The number of sulfone groups is 1. The van der Waals surface area contributed by atoms with Crippen LogP contribution in [0.5, 0.6) is 0 Å². The van der Waals surface area contributed by atoms with Crippen molar-refractivity contribution in [2.24, 2.45) is 11.3 Å². The minimum atomic E-state index is -4.67. The van der Waals surface area contributed by atoms with Crippen LogP contribution < -0.4 is 10.9 Å². The van der Waals surface area contributed by atoms with Crippen LogP contribution in [0, 0.1) is 11.3 Å². The standard InChI is InChI=1S/C22H21F3N4O4S/c1-4-34(32,33)17-8-14(28-19(30)16-9-21(16,2)3)11-26-18(17)29-20(31)15-7-13(22(23,24)25)6-5-12(15)10-27-29/h5-8,10-11,16H,4,9H2,1-3H3,(H,28,30). The predicted molar refractivity (Wildman–Crippen MR) is 118 cm³/mol. The molecule has 8 nitrogen and oxygen atoms in total. The van der Waals surface area contributed by atoms with E-state index in [2.05, 4.69) is 15.4 Å². The fourth-order valence-corrected chi connectivity index (χ4v) is 4.70. The molecule has 0 saturated heterocycles. The van der Waals surface area contributed by atoms with Crippen LogP contribution in [0.2, 0.25) is 0 Å². The van der Waals surface area contributed by atoms with Crippen molar-refractivity contribution < 1.29 is 26.4 Å². The van der Waals surface area contributed by atoms with Gasteiger partial charge in [0.05, 0.1) is 34.8 Å². The maximum Gasteiger partial charge on any atom is 0.416 e. The molecule has 0 spiro atoms. The van der Waals surface area contributed by atoms with Crippen molar-refractivity contribution in [3.63, 3.8) is 0 Å². The normalized spacial score (nSPS) is 17.5. The Kier molecular flexibility index (Phi) is 5.54. The number of anilines is 1. The first kappa shape index (κ1) is 23.9. The summed E-state index contributed by atoms with van der Waals surface area (Å²) in [5.74, 6) is -1.20. The fourth-order valence-electron chi connectivity index (χ4n) is 3.66. The molecule has 1 atom stereocenters. The minimum absolute atomic E-state index is 0.122. The lowest BCUT2D eigenvalue weighted by Crippen LogP contribution is -2.25. The van der Waals surface area contributed by atoms with Crippen molar-refractivity contribution in [3.8, 4) is 5.82 Å². The Hall–Kier alpha value is -3.28. The second kappa shape index (κ2) is 7.90. The molecule has 4 rings (SSSR count). The molecular weight excluding hydrogens is 473 g/mol. The Bertz CT molecular complexity index is 1480. The Morgan fingerprint density at radius 1 is 1.24 bits per heavy atom. The summed E-state index contributed by atoms with van der Waals surface area (Å²) in [5, 5.41) is 6.44. The first-order valence-corrected chi connectivity index (χ1v) is 12.0. The smallest absolute Gasteiger partial charge is 0.324 e. The number of pyridine rings is 1. The average molecular weight is 494 g/mol. The number of amides is 1. The van der Waals surface area contributed by atoms with Gasteiger partial charge in [-0.15, -0.1) is 0 Å². The fraction of sp³-hybridized carbons (Fsp3) is 0.364. The van der Waals surface area contributed by atoms with Gasteiger partial charge in [-0.25, -0.2) is 13.4 Å². The van der Waals surface area contributed by atoms with Gasteiger partial charge in [-0.1, -0.05) is 26.8 Å². The summed E-state index contributed by atoms with van der Waals surface area (Å²) in [6.45, 7) is 5.27. The van der Waals surface area contributed by atoms with E-state index in [9.17, 15) is 31.2 Å². The molecule has 12 heteroatoms. The summed E-state index contributed by atoms with van der Waals surface area (Å²) >= 11 is 0. The summed E-state index contributed by atoms with van der Waals surface area (Å²) < 4.78 is 65.7. The van der Waals surface area contributed by atoms with Crippen LogP contribution in [-0.4, -0.2) is 34.8 Å². The van der Waals surface area contributed by atoms with Gasteiger partial charge in [0.2, 0.25) is 5.91 Å². The molecule has 1 aromatic carbocycles. The van der Waals surface area contributed by atoms with Crippen molar-refractivity contribution >= 4 is 32.2 Å². The molecule has 1 unspecified atom stereocenters. The van der Waals surface area contributed by atoms with Gasteiger partial charge in [-0.3, -0.25) is 9.59 Å². The number of nitrogens with one attached hydrogen (secondary N) is 1. The predicted octanol–water partition coefficient (Wildman–Crippen LogP) is 3.58. The van der Waals surface area contributed by atoms with Crippen LogP contribution in [0.15, 0.2) is 46.3 Å². The number of carbonyl (C=O) groups is 1. The monoisotopic (exact) mass is 494 g/mol. The minimum Gasteiger partial charge on any atom is -0.324 e. The van der Waals surface area contributed by atoms with E-state index in [0.717, 1.165) is 18.3 Å². The van der Waals surface area contributed by atoms with Gasteiger partial charge >= 0.3 is 6.18 Å². The zero-order chi connectivity index (χ0) is 25.1. The second-order valence-electron chi connectivity index (χ2n) is 8.85. The highest BCUT2D eigenvalue weighted by molar-refractivity contribution is 7.91. The third-order valence-electron chi connectivity index (χ3n) is 5.96. The molecule has 0 aliphatic heterocycles. The van der Waals surface area contributed by atoms with Crippen LogP contribution in [0.25, 0.3) is 16.6 Å². The van der Waals surface area contributed by atoms with Crippen LogP contribution >= 0.6 is 0 Å². The Balaban J connectivity index is 1.84. The van der Waals surface area contributed by atoms with Gasteiger partial charge in [-0.2, -0.15) is 23.0 Å². The highest BCUT2D eigenvalue weighted by Crippen LogP contribution is 2.52. The SMILES string of the molecule is CCS(=O)(=O)c1cc(NC(=O)C2CC2(C)C)cnc1-n1ncc2ccc(C(F)(F)F)cc2c1=O. The van der Waals surface area contributed by atoms with E-state index in [4.69, 9.17) is 0 Å². The highest BCUT2D eigenvalue weighted by Gasteiger charge is 2.50. The lowest BCUT2D eigenvalue weighted by atomic mass is 10.1. The molecule has 2 aromatic heterocycles. The van der Waals surface area contributed by atoms with Crippen LogP contribution in [0.3, 0.4) is 0 Å². The molecule has 1 aliphatic rings. The number of benzene rings is 1. The van der Waals surface area contributed by atoms with Gasteiger partial charge in [0.15, 0.2) is 15.7 Å². The lowest BCUT2D eigenvalue weighted by Gasteiger charge is -2.13. The number of aromatic nitrogens is 3. The van der Waals surface area contributed by atoms with E-state index in [1.54, 1.807) is 0 Å². The van der Waals surface area contributed by atoms with Crippen LogP contribution in [0.4, 0.5) is 18.9 Å². The maximum atomic E-state index is 13.1. The van der Waals surface area contributed by atoms with E-state index < -0.39 is 27.1 Å². The first-order valence-electron chi connectivity index (χ1n) is 10.4. The summed E-state index contributed by atoms with van der Waals surface area (Å²) in [5.41, 5.74) is -2.00. The summed E-state index contributed by atoms with van der Waals surface area (Å²) in [6, 6.07) is 3.82. The van der Waals surface area contributed by atoms with Crippen LogP contribution in [0.1, 0.15) is 32.8 Å². The zero-order valence-corrected chi connectivity index (χ0v) is 19.3. The van der Waals surface area contributed by atoms with Gasteiger partial charge in [0.1, 0.15) is 4.90 Å². The molecule has 180 valence electrons. The van der Waals surface area contributed by atoms with E-state index in [0.29, 0.717) is 17.2 Å². The Morgan fingerprint density at radius 3 is 2.50 bits per heavy atom. The maximum absolute atomic E-state index is 13.1. The Morgan fingerprint density at radius 2 is 1.91 bits per heavy atom. The molecular formula is C22H21F3N4O4S. The molecule has 1 amide bonds. The molecule has 1 N–H and O–H groups in total. The number of rotatable bonds is 5. The van der Waals surface area contributed by atoms with Crippen molar-refractivity contribution in [2.45, 2.75) is 38.3 Å². The number of fused-ring (bicyclic) bond motifs is 1. The van der Waals surface area contributed by atoms with Crippen molar-refractivity contribution in [2.75, 3.05) is 11.1 Å². The van der Waals surface area contributed by atoms with Gasteiger partial charge in [0.25, 0.3) is 5.56 Å². The summed E-state index contributed by atoms with van der Waals surface area (Å²) in [7, 11) is -3.96. The van der Waals surface area contributed by atoms with Crippen molar-refractivity contribution in [3.05, 3.63) is 52.6 Å². The van der Waals surface area contributed by atoms with E-state index in [1.165, 1.54) is 19.2 Å². The Labute approximate surface area is 192 Å². The molecule has 0 bridgehead atoms. The van der Waals surface area contributed by atoms with Gasteiger partial charge in [-0.05, 0) is 30.0 Å². The second-order valence-corrected chi connectivity index (χ2v) is 11.1. The number of hydrogen-bond donors (Lipinski definition) is 1. The molecule has 1 saturated carbocycles. The summed E-state index contributed by atoms with van der Waals surface area (Å²) in [6.07, 6.45) is -1.63. The summed E-state index contributed by atoms with van der Waals surface area (Å²) in [4.78, 5) is 29.2. The van der Waals surface area contributed by atoms with E-state index in [1.807, 2.05) is 13.8 Å². The quantitative estimate of drug-likeness (QED) is 0.581. The molecule has 1 aliphatic carbocycles. The molecule has 1 fully saturated rings. The number of halogens is 3. The van der Waals surface area contributed by atoms with Crippen LogP contribution in [-0.2, 0) is 20.8 Å². The molecule has 0 radical (unpaired) electrons. The third kappa shape index (κ3) is 4.29. The topological polar surface area (TPSA) is 111 Å². The molecule has 3 aromatic rings. The number of hydrogen-bond acceptors (Lipinski definition) is 6. The first-order chi connectivity index (χ1) is 15.7. The van der Waals surface area contributed by atoms with Crippen molar-refractivity contribution in [1.82, 2.24) is 14.8 Å². The van der Waals surface area contributed by atoms with E-state index >= 15 is 0 Å². The molecule has 34 heavy (non-hydrogen) atoms. The molecule has 2 heterocycles. The number of carbonyl (C=O) groups excluding carboxylic acids is 1. The lowest BCUT2D eigenvalue weighted by molar-refractivity contribution is -0.137. The number of alkyl halides is 3. The van der Waals surface area contributed by atoms with Gasteiger partial charge in [0, 0.05) is 11.3 Å². The highest BCUT2D eigenvalue weighted by atomic mass is 32.2. The zero-order valence-electron chi connectivity index (χ0n) is 18.5. The third-order valence-corrected chi connectivity index (χ3v) is 7.69.